The molecule has 1 fully saturated rings. The summed E-state index contributed by atoms with van der Waals surface area (Å²) < 4.78 is 11.4. The van der Waals surface area contributed by atoms with Crippen LogP contribution < -0.4 is 0 Å². The number of piperidine rings is 1. The van der Waals surface area contributed by atoms with Gasteiger partial charge in [-0.3, -0.25) is 0 Å². The van der Waals surface area contributed by atoms with Crippen molar-refractivity contribution >= 4 is 6.09 Å². The predicted molar refractivity (Wildman–Crippen MR) is 40.4 cm³/mol. The van der Waals surface area contributed by atoms with Gasteiger partial charge in [0.2, 0.25) is 0 Å². The third kappa shape index (κ3) is 2.28. The van der Waals surface area contributed by atoms with Gasteiger partial charge in [-0.05, 0) is 12.8 Å². The van der Waals surface area contributed by atoms with Gasteiger partial charge >= 0.3 is 6.09 Å². The number of carbonyl (C=O) groups is 1. The highest BCUT2D eigenvalue weighted by atomic mass is 19.3. The molecule has 0 bridgehead atoms. The lowest BCUT2D eigenvalue weighted by atomic mass is 9.93. The molecule has 0 aromatic heterocycles. The van der Waals surface area contributed by atoms with Gasteiger partial charge in [0.1, 0.15) is 0 Å². The predicted octanol–water partition coefficient (Wildman–Crippen LogP) is -0.173. The summed E-state index contributed by atoms with van der Waals surface area (Å²) in [5.74, 6) is 0. The molecule has 0 aromatic carbocycles. The molecule has 1 aliphatic rings. The fourth-order valence-electron chi connectivity index (χ4n) is 1.31. The van der Waals surface area contributed by atoms with Crippen molar-refractivity contribution in [2.24, 2.45) is 0 Å². The Morgan fingerprint density at radius 3 is 2.46 bits per heavy atom. The Bertz CT molecular complexity index is 191. The van der Waals surface area contributed by atoms with E-state index >= 15 is 0 Å². The van der Waals surface area contributed by atoms with Crippen molar-refractivity contribution in [1.29, 1.82) is 0 Å². The molecule has 0 radical (unpaired) electrons. The Balaban J connectivity index is 2.43. The first-order chi connectivity index (χ1) is 6.11. The monoisotopic (exact) mass is 193 g/mol. The van der Waals surface area contributed by atoms with Crippen molar-refractivity contribution in [3.8, 4) is 0 Å². The Hall–Kier alpha value is -0.880. The molecule has 0 aromatic rings. The van der Waals surface area contributed by atoms with Crippen LogP contribution in [0.1, 0.15) is 12.8 Å². The third-order valence-electron chi connectivity index (χ3n) is 2.31. The molecule has 1 saturated heterocycles. The van der Waals surface area contributed by atoms with E-state index in [4.69, 9.17) is 5.11 Å². The summed E-state index contributed by atoms with van der Waals surface area (Å²) >= 11 is 0. The molecule has 76 valence electrons. The lowest BCUT2D eigenvalue weighted by molar-refractivity contribution is -0.0977. The number of likely N-dealkylation sites (tertiary alicyclic amines) is 1. The lowest BCUT2D eigenvalue weighted by Crippen LogP contribution is -2.48. The van der Waals surface area contributed by atoms with Crippen LogP contribution in [0.3, 0.4) is 0 Å². The molecule has 1 rings (SSSR count). The van der Waals surface area contributed by atoms with E-state index in [0.29, 0.717) is 0 Å². The van der Waals surface area contributed by atoms with Crippen molar-refractivity contribution in [1.82, 2.24) is 4.90 Å². The maximum Gasteiger partial charge on any atom is 0.447 e. The minimum absolute atomic E-state index is 0.194. The van der Waals surface area contributed by atoms with E-state index in [-0.39, 0.29) is 32.5 Å². The third-order valence-corrected chi connectivity index (χ3v) is 2.31. The number of halogens is 1. The van der Waals surface area contributed by atoms with Gasteiger partial charge in [0.15, 0.2) is 0 Å². The zero-order chi connectivity index (χ0) is 9.90. The van der Waals surface area contributed by atoms with E-state index in [1.807, 2.05) is 0 Å². The summed E-state index contributed by atoms with van der Waals surface area (Å²) in [6.07, 6.45) is -0.572. The molecule has 0 unspecified atom stereocenters. The first-order valence-electron chi connectivity index (χ1n) is 4.02. The van der Waals surface area contributed by atoms with Crippen molar-refractivity contribution in [2.45, 2.75) is 18.4 Å². The molecule has 0 saturated carbocycles. The van der Waals surface area contributed by atoms with E-state index in [1.165, 1.54) is 0 Å². The second kappa shape index (κ2) is 3.89. The van der Waals surface area contributed by atoms with E-state index < -0.39 is 11.7 Å². The van der Waals surface area contributed by atoms with Crippen LogP contribution in [0, 0.1) is 0 Å². The molecular weight excluding hydrogens is 181 g/mol. The summed E-state index contributed by atoms with van der Waals surface area (Å²) in [5.41, 5.74) is -1.13. The molecule has 2 N–H and O–H groups in total. The zero-order valence-corrected chi connectivity index (χ0v) is 7.07. The maximum atomic E-state index is 11.4. The second-order valence-electron chi connectivity index (χ2n) is 3.21. The van der Waals surface area contributed by atoms with Gasteiger partial charge in [-0.15, -0.1) is 0 Å². The van der Waals surface area contributed by atoms with Crippen LogP contribution in [0.4, 0.5) is 9.32 Å². The maximum absolute atomic E-state index is 11.4. The van der Waals surface area contributed by atoms with E-state index in [0.717, 1.165) is 4.90 Å². The van der Waals surface area contributed by atoms with Crippen molar-refractivity contribution < 1.29 is 24.5 Å². The fourth-order valence-corrected chi connectivity index (χ4v) is 1.31. The number of hydrogen-bond acceptors (Lipinski definition) is 4. The van der Waals surface area contributed by atoms with Crippen LogP contribution in [0.25, 0.3) is 0 Å². The molecule has 1 aliphatic heterocycles. The summed E-state index contributed by atoms with van der Waals surface area (Å²) in [6.45, 7) is 0.0468. The van der Waals surface area contributed by atoms with Gasteiger partial charge in [0.05, 0.1) is 12.2 Å². The SMILES string of the molecule is O=C(OF)N1CCC(O)(CO)CC1. The smallest absolute Gasteiger partial charge is 0.393 e. The summed E-state index contributed by atoms with van der Waals surface area (Å²) in [5, 5.41) is 18.3. The van der Waals surface area contributed by atoms with Crippen molar-refractivity contribution in [3.05, 3.63) is 0 Å². The van der Waals surface area contributed by atoms with Gasteiger partial charge in [0.25, 0.3) is 0 Å². The normalized spacial score (nSPS) is 21.3. The Morgan fingerprint density at radius 1 is 1.54 bits per heavy atom. The topological polar surface area (TPSA) is 70.0 Å². The van der Waals surface area contributed by atoms with Crippen LogP contribution in [-0.4, -0.2) is 46.5 Å². The largest absolute Gasteiger partial charge is 0.447 e. The molecule has 0 aliphatic carbocycles. The second-order valence-corrected chi connectivity index (χ2v) is 3.21. The Kier molecular flexibility index (Phi) is 3.05. The Labute approximate surface area is 74.6 Å². The average Bonchev–Trinajstić information content (AvgIpc) is 2.18. The van der Waals surface area contributed by atoms with Gasteiger partial charge in [-0.2, -0.15) is 0 Å². The number of rotatable bonds is 1. The number of hydrogen-bond donors (Lipinski definition) is 2. The summed E-state index contributed by atoms with van der Waals surface area (Å²) in [7, 11) is 0. The first kappa shape index (κ1) is 10.2. The molecule has 1 heterocycles. The standard InChI is InChI=1S/C7H12FNO4/c8-13-6(11)9-3-1-7(12,5-10)2-4-9/h10,12H,1-5H2. The van der Waals surface area contributed by atoms with Gasteiger partial charge < -0.3 is 15.1 Å². The Morgan fingerprint density at radius 2 is 2.08 bits per heavy atom. The van der Waals surface area contributed by atoms with E-state index in [2.05, 4.69) is 4.94 Å². The molecule has 13 heavy (non-hydrogen) atoms. The minimum atomic E-state index is -1.13. The van der Waals surface area contributed by atoms with Crippen LogP contribution in [0.2, 0.25) is 0 Å². The number of aliphatic hydroxyl groups is 2. The number of aliphatic hydroxyl groups excluding tert-OH is 1. The van der Waals surface area contributed by atoms with E-state index in [1.54, 1.807) is 0 Å². The highest BCUT2D eigenvalue weighted by Crippen LogP contribution is 2.21. The van der Waals surface area contributed by atoms with Crippen LogP contribution in [-0.2, 0) is 4.94 Å². The van der Waals surface area contributed by atoms with Gasteiger partial charge in [-0.1, -0.05) is 0 Å². The zero-order valence-electron chi connectivity index (χ0n) is 7.07. The molecule has 0 atom stereocenters. The first-order valence-corrected chi connectivity index (χ1v) is 4.02. The van der Waals surface area contributed by atoms with Crippen LogP contribution in [0.15, 0.2) is 0 Å². The number of amides is 1. The summed E-state index contributed by atoms with van der Waals surface area (Å²) in [4.78, 5) is 14.8. The van der Waals surface area contributed by atoms with Crippen molar-refractivity contribution in [2.75, 3.05) is 19.7 Å². The molecule has 6 heteroatoms. The average molecular weight is 193 g/mol. The quantitative estimate of drug-likeness (QED) is 0.606. The highest BCUT2D eigenvalue weighted by molar-refractivity contribution is 5.66. The molecule has 0 spiro atoms. The van der Waals surface area contributed by atoms with Crippen LogP contribution >= 0.6 is 0 Å². The van der Waals surface area contributed by atoms with Gasteiger partial charge in [0, 0.05) is 17.6 Å². The molecule has 5 nitrogen and oxygen atoms in total. The minimum Gasteiger partial charge on any atom is -0.393 e. The van der Waals surface area contributed by atoms with Crippen LogP contribution in [0.5, 0.6) is 0 Å². The molecular formula is C7H12FNO4. The lowest BCUT2D eigenvalue weighted by Gasteiger charge is -2.35. The van der Waals surface area contributed by atoms with Gasteiger partial charge in [-0.25, -0.2) is 9.74 Å². The fraction of sp³-hybridized carbons (Fsp3) is 0.857. The number of nitrogens with zero attached hydrogens (tertiary/aromatic N) is 1. The summed E-state index contributed by atoms with van der Waals surface area (Å²) in [6, 6.07) is 0. The van der Waals surface area contributed by atoms with Crippen molar-refractivity contribution in [3.63, 3.8) is 0 Å². The van der Waals surface area contributed by atoms with E-state index in [9.17, 15) is 14.4 Å². The molecule has 1 amide bonds. The highest BCUT2D eigenvalue weighted by Gasteiger charge is 2.33. The number of carbonyl (C=O) groups excluding carboxylic acids is 1.